The van der Waals surface area contributed by atoms with Gasteiger partial charge in [0.1, 0.15) is 5.75 Å². The van der Waals surface area contributed by atoms with Crippen molar-refractivity contribution in [3.63, 3.8) is 0 Å². The van der Waals surface area contributed by atoms with Crippen molar-refractivity contribution in [3.8, 4) is 17.6 Å². The monoisotopic (exact) mass is 222 g/mol. The van der Waals surface area contributed by atoms with Crippen molar-refractivity contribution < 1.29 is 14.6 Å². The standard InChI is InChI=1S/C11H10O3S/c12-11(13)8-14-10-5-3-9(4-6-10)2-1-7-15/h3-6,15H,7-8H2,(H,12,13). The van der Waals surface area contributed by atoms with Crippen LogP contribution >= 0.6 is 12.6 Å². The van der Waals surface area contributed by atoms with Gasteiger partial charge in [-0.15, -0.1) is 0 Å². The van der Waals surface area contributed by atoms with E-state index in [1.54, 1.807) is 24.3 Å². The van der Waals surface area contributed by atoms with Gasteiger partial charge >= 0.3 is 5.97 Å². The van der Waals surface area contributed by atoms with Crippen LogP contribution in [0.3, 0.4) is 0 Å². The molecule has 1 aromatic rings. The van der Waals surface area contributed by atoms with Crippen molar-refractivity contribution in [2.75, 3.05) is 12.4 Å². The normalized spacial score (nSPS) is 8.87. The number of aliphatic carboxylic acids is 1. The van der Waals surface area contributed by atoms with Crippen LogP contribution in [-0.2, 0) is 4.79 Å². The zero-order valence-electron chi connectivity index (χ0n) is 7.93. The highest BCUT2D eigenvalue weighted by Crippen LogP contribution is 2.11. The summed E-state index contributed by atoms with van der Waals surface area (Å²) in [5.74, 6) is 5.74. The summed E-state index contributed by atoms with van der Waals surface area (Å²) < 4.78 is 4.96. The number of hydrogen-bond acceptors (Lipinski definition) is 3. The van der Waals surface area contributed by atoms with Crippen LogP contribution < -0.4 is 4.74 Å². The molecule has 0 unspecified atom stereocenters. The number of carboxylic acids is 1. The fourth-order valence-electron chi connectivity index (χ4n) is 0.921. The number of benzene rings is 1. The maximum absolute atomic E-state index is 10.2. The Morgan fingerprint density at radius 2 is 2.07 bits per heavy atom. The van der Waals surface area contributed by atoms with Crippen molar-refractivity contribution in [2.24, 2.45) is 0 Å². The second-order valence-electron chi connectivity index (χ2n) is 2.67. The summed E-state index contributed by atoms with van der Waals surface area (Å²) in [4.78, 5) is 10.2. The molecule has 1 rings (SSSR count). The van der Waals surface area contributed by atoms with Crippen molar-refractivity contribution in [3.05, 3.63) is 29.8 Å². The first kappa shape index (κ1) is 11.5. The summed E-state index contributed by atoms with van der Waals surface area (Å²) in [7, 11) is 0. The van der Waals surface area contributed by atoms with Gasteiger partial charge in [0.05, 0.1) is 5.75 Å². The van der Waals surface area contributed by atoms with Crippen LogP contribution in [0, 0.1) is 11.8 Å². The van der Waals surface area contributed by atoms with Gasteiger partial charge in [-0.3, -0.25) is 0 Å². The Kier molecular flexibility index (Phi) is 4.58. The molecule has 0 saturated heterocycles. The minimum Gasteiger partial charge on any atom is -0.482 e. The lowest BCUT2D eigenvalue weighted by molar-refractivity contribution is -0.139. The van der Waals surface area contributed by atoms with Crippen LogP contribution in [0.15, 0.2) is 24.3 Å². The van der Waals surface area contributed by atoms with E-state index in [9.17, 15) is 4.79 Å². The smallest absolute Gasteiger partial charge is 0.341 e. The molecule has 0 heterocycles. The number of carboxylic acid groups (broad SMARTS) is 1. The summed E-state index contributed by atoms with van der Waals surface area (Å²) in [5.41, 5.74) is 0.853. The summed E-state index contributed by atoms with van der Waals surface area (Å²) in [6, 6.07) is 6.91. The molecule has 15 heavy (non-hydrogen) atoms. The van der Waals surface area contributed by atoms with E-state index in [1.807, 2.05) is 0 Å². The minimum absolute atomic E-state index is 0.332. The predicted molar refractivity (Wildman–Crippen MR) is 60.3 cm³/mol. The van der Waals surface area contributed by atoms with Gasteiger partial charge in [0, 0.05) is 5.56 Å². The van der Waals surface area contributed by atoms with E-state index in [1.165, 1.54) is 0 Å². The SMILES string of the molecule is O=C(O)COc1ccc(C#CCS)cc1. The van der Waals surface area contributed by atoms with Crippen molar-refractivity contribution in [1.29, 1.82) is 0 Å². The van der Waals surface area contributed by atoms with Crippen LogP contribution in [0.25, 0.3) is 0 Å². The lowest BCUT2D eigenvalue weighted by atomic mass is 10.2. The molecule has 0 aliphatic heterocycles. The molecule has 0 aromatic heterocycles. The number of rotatable bonds is 3. The van der Waals surface area contributed by atoms with Crippen LogP contribution in [0.4, 0.5) is 0 Å². The molecule has 0 atom stereocenters. The molecule has 78 valence electrons. The van der Waals surface area contributed by atoms with E-state index in [4.69, 9.17) is 9.84 Å². The summed E-state index contributed by atoms with van der Waals surface area (Å²) in [5, 5.41) is 8.39. The topological polar surface area (TPSA) is 46.5 Å². The molecule has 4 heteroatoms. The lowest BCUT2D eigenvalue weighted by Crippen LogP contribution is -2.09. The molecular formula is C11H10O3S. The van der Waals surface area contributed by atoms with Gasteiger partial charge in [-0.25, -0.2) is 4.79 Å². The summed E-state index contributed by atoms with van der Waals surface area (Å²) in [6.07, 6.45) is 0. The minimum atomic E-state index is -0.992. The molecule has 0 aliphatic carbocycles. The van der Waals surface area contributed by atoms with Crippen LogP contribution in [-0.4, -0.2) is 23.4 Å². The second kappa shape index (κ2) is 5.99. The van der Waals surface area contributed by atoms with E-state index in [-0.39, 0.29) is 6.61 Å². The maximum Gasteiger partial charge on any atom is 0.341 e. The Labute approximate surface area is 93.5 Å². The maximum atomic E-state index is 10.2. The van der Waals surface area contributed by atoms with E-state index < -0.39 is 5.97 Å². The van der Waals surface area contributed by atoms with E-state index in [0.717, 1.165) is 5.56 Å². The first-order valence-corrected chi connectivity index (χ1v) is 4.90. The third kappa shape index (κ3) is 4.43. The van der Waals surface area contributed by atoms with Gasteiger partial charge in [0.15, 0.2) is 6.61 Å². The van der Waals surface area contributed by atoms with Gasteiger partial charge in [-0.2, -0.15) is 12.6 Å². The van der Waals surface area contributed by atoms with Crippen molar-refractivity contribution in [1.82, 2.24) is 0 Å². The van der Waals surface area contributed by atoms with Gasteiger partial charge in [-0.05, 0) is 24.3 Å². The largest absolute Gasteiger partial charge is 0.482 e. The molecule has 0 radical (unpaired) electrons. The Hall–Kier alpha value is -1.60. The number of carbonyl (C=O) groups is 1. The molecule has 1 aromatic carbocycles. The van der Waals surface area contributed by atoms with Crippen molar-refractivity contribution >= 4 is 18.6 Å². The Morgan fingerprint density at radius 1 is 1.40 bits per heavy atom. The highest BCUT2D eigenvalue weighted by Gasteiger charge is 1.98. The summed E-state index contributed by atoms with van der Waals surface area (Å²) in [6.45, 7) is -0.332. The molecule has 0 spiro atoms. The summed E-state index contributed by atoms with van der Waals surface area (Å²) >= 11 is 3.96. The molecule has 0 amide bonds. The third-order valence-electron chi connectivity index (χ3n) is 1.53. The molecular weight excluding hydrogens is 212 g/mol. The molecule has 3 nitrogen and oxygen atoms in total. The molecule has 0 fully saturated rings. The van der Waals surface area contributed by atoms with E-state index in [2.05, 4.69) is 24.5 Å². The average molecular weight is 222 g/mol. The van der Waals surface area contributed by atoms with E-state index in [0.29, 0.717) is 11.5 Å². The third-order valence-corrected chi connectivity index (χ3v) is 1.69. The van der Waals surface area contributed by atoms with Crippen LogP contribution in [0.1, 0.15) is 5.56 Å². The van der Waals surface area contributed by atoms with Gasteiger partial charge in [0.25, 0.3) is 0 Å². The van der Waals surface area contributed by atoms with Gasteiger partial charge in [0.2, 0.25) is 0 Å². The molecule has 0 saturated carbocycles. The first-order valence-electron chi connectivity index (χ1n) is 4.27. The zero-order chi connectivity index (χ0) is 11.1. The lowest BCUT2D eigenvalue weighted by Gasteiger charge is -2.01. The second-order valence-corrected chi connectivity index (χ2v) is 2.98. The van der Waals surface area contributed by atoms with Gasteiger partial charge < -0.3 is 9.84 Å². The van der Waals surface area contributed by atoms with Crippen LogP contribution in [0.2, 0.25) is 0 Å². The Balaban J connectivity index is 2.60. The number of ether oxygens (including phenoxy) is 1. The molecule has 1 N–H and O–H groups in total. The van der Waals surface area contributed by atoms with Crippen LogP contribution in [0.5, 0.6) is 5.75 Å². The zero-order valence-corrected chi connectivity index (χ0v) is 8.83. The Morgan fingerprint density at radius 3 is 2.60 bits per heavy atom. The first-order chi connectivity index (χ1) is 7.22. The van der Waals surface area contributed by atoms with E-state index >= 15 is 0 Å². The quantitative estimate of drug-likeness (QED) is 0.601. The molecule has 0 bridgehead atoms. The van der Waals surface area contributed by atoms with Crippen molar-refractivity contribution in [2.45, 2.75) is 0 Å². The average Bonchev–Trinajstić information content (AvgIpc) is 2.25. The highest BCUT2D eigenvalue weighted by molar-refractivity contribution is 7.80. The highest BCUT2D eigenvalue weighted by atomic mass is 32.1. The molecule has 0 aliphatic rings. The number of thiol groups is 1. The Bertz CT molecular complexity index is 387. The number of hydrogen-bond donors (Lipinski definition) is 2. The fourth-order valence-corrected chi connectivity index (χ4v) is 1.00. The fraction of sp³-hybridized carbons (Fsp3) is 0.182. The van der Waals surface area contributed by atoms with Gasteiger partial charge in [-0.1, -0.05) is 11.8 Å². The predicted octanol–water partition coefficient (Wildman–Crippen LogP) is 1.43.